The van der Waals surface area contributed by atoms with Gasteiger partial charge >= 0.3 is 0 Å². The van der Waals surface area contributed by atoms with Crippen LogP contribution in [-0.4, -0.2) is 28.1 Å². The maximum atomic E-state index is 12.1. The van der Waals surface area contributed by atoms with E-state index < -0.39 is 10.0 Å². The van der Waals surface area contributed by atoms with Crippen LogP contribution in [0.4, 0.5) is 0 Å². The van der Waals surface area contributed by atoms with Crippen molar-refractivity contribution in [1.82, 2.24) is 10.0 Å². The lowest BCUT2D eigenvalue weighted by molar-refractivity contribution is 0.134. The van der Waals surface area contributed by atoms with Crippen molar-refractivity contribution in [3.05, 3.63) is 29.3 Å². The predicted molar refractivity (Wildman–Crippen MR) is 68.6 cm³/mol. The first-order valence-electron chi connectivity index (χ1n) is 5.89. The topological polar surface area (TPSA) is 67.4 Å². The molecule has 1 aliphatic rings. The summed E-state index contributed by atoms with van der Waals surface area (Å²) < 4.78 is 32.0. The Labute approximate surface area is 108 Å². The van der Waals surface area contributed by atoms with Crippen LogP contribution < -0.4 is 10.0 Å². The first-order chi connectivity index (χ1) is 8.53. The summed E-state index contributed by atoms with van der Waals surface area (Å²) in [5, 5.41) is 2.98. The van der Waals surface area contributed by atoms with E-state index in [-0.39, 0.29) is 6.04 Å². The molecule has 0 saturated heterocycles. The minimum absolute atomic E-state index is 0.0949. The summed E-state index contributed by atoms with van der Waals surface area (Å²) in [7, 11) is -1.64. The van der Waals surface area contributed by atoms with Crippen molar-refractivity contribution >= 4 is 10.0 Å². The van der Waals surface area contributed by atoms with Gasteiger partial charge in [-0.25, -0.2) is 13.1 Å². The van der Waals surface area contributed by atoms with Gasteiger partial charge < -0.3 is 10.1 Å². The zero-order chi connectivity index (χ0) is 13.2. The Hall–Kier alpha value is -0.950. The predicted octanol–water partition coefficient (Wildman–Crippen LogP) is 0.603. The normalized spacial score (nSPS) is 16.6. The summed E-state index contributed by atoms with van der Waals surface area (Å²) in [4.78, 5) is 0.301. The SMILES string of the molecule is CNC(C)CNS(=O)(=O)c1ccc2c(c1)COC2. The molecule has 2 rings (SSSR count). The average molecular weight is 270 g/mol. The first kappa shape index (κ1) is 13.5. The van der Waals surface area contributed by atoms with E-state index >= 15 is 0 Å². The van der Waals surface area contributed by atoms with Crippen LogP contribution in [0.3, 0.4) is 0 Å². The minimum Gasteiger partial charge on any atom is -0.372 e. The number of fused-ring (bicyclic) bond motifs is 1. The molecule has 1 heterocycles. The number of ether oxygens (including phenoxy) is 1. The van der Waals surface area contributed by atoms with Crippen molar-refractivity contribution in [2.45, 2.75) is 31.1 Å². The van der Waals surface area contributed by atoms with Gasteiger partial charge in [-0.05, 0) is 37.2 Å². The second-order valence-corrected chi connectivity index (χ2v) is 6.23. The second kappa shape index (κ2) is 5.36. The molecule has 1 aliphatic heterocycles. The maximum Gasteiger partial charge on any atom is 0.240 e. The largest absolute Gasteiger partial charge is 0.372 e. The molecule has 0 bridgehead atoms. The van der Waals surface area contributed by atoms with Gasteiger partial charge in [-0.1, -0.05) is 6.07 Å². The first-order valence-corrected chi connectivity index (χ1v) is 7.38. The van der Waals surface area contributed by atoms with Crippen molar-refractivity contribution in [2.75, 3.05) is 13.6 Å². The van der Waals surface area contributed by atoms with E-state index in [1.165, 1.54) is 0 Å². The molecular formula is C12H18N2O3S. The molecule has 100 valence electrons. The van der Waals surface area contributed by atoms with Crippen LogP contribution in [0.1, 0.15) is 18.1 Å². The third-order valence-electron chi connectivity index (χ3n) is 3.08. The van der Waals surface area contributed by atoms with E-state index in [0.717, 1.165) is 11.1 Å². The van der Waals surface area contributed by atoms with Gasteiger partial charge in [0.2, 0.25) is 10.0 Å². The van der Waals surface area contributed by atoms with Crippen LogP contribution in [0.25, 0.3) is 0 Å². The lowest BCUT2D eigenvalue weighted by atomic mass is 10.1. The number of rotatable bonds is 5. The van der Waals surface area contributed by atoms with E-state index in [2.05, 4.69) is 10.0 Å². The van der Waals surface area contributed by atoms with Crippen molar-refractivity contribution < 1.29 is 13.2 Å². The van der Waals surface area contributed by atoms with Crippen LogP contribution in [0.2, 0.25) is 0 Å². The van der Waals surface area contributed by atoms with Crippen LogP contribution in [0.15, 0.2) is 23.1 Å². The Bertz CT molecular complexity index is 528. The van der Waals surface area contributed by atoms with Crippen molar-refractivity contribution in [3.8, 4) is 0 Å². The molecule has 2 N–H and O–H groups in total. The highest BCUT2D eigenvalue weighted by Gasteiger charge is 2.18. The number of sulfonamides is 1. The Morgan fingerprint density at radius 3 is 2.78 bits per heavy atom. The van der Waals surface area contributed by atoms with Crippen LogP contribution >= 0.6 is 0 Å². The van der Waals surface area contributed by atoms with Gasteiger partial charge in [0, 0.05) is 12.6 Å². The molecule has 0 radical (unpaired) electrons. The Kier molecular flexibility index (Phi) is 4.01. The molecular weight excluding hydrogens is 252 g/mol. The van der Waals surface area contributed by atoms with Crippen LogP contribution in [-0.2, 0) is 28.0 Å². The third-order valence-corrected chi connectivity index (χ3v) is 4.50. The molecule has 6 heteroatoms. The highest BCUT2D eigenvalue weighted by Crippen LogP contribution is 2.22. The van der Waals surface area contributed by atoms with Crippen molar-refractivity contribution in [3.63, 3.8) is 0 Å². The van der Waals surface area contributed by atoms with E-state index in [9.17, 15) is 8.42 Å². The zero-order valence-electron chi connectivity index (χ0n) is 10.6. The van der Waals surface area contributed by atoms with Gasteiger partial charge in [0.1, 0.15) is 0 Å². The highest BCUT2D eigenvalue weighted by molar-refractivity contribution is 7.89. The van der Waals surface area contributed by atoms with Crippen molar-refractivity contribution in [1.29, 1.82) is 0 Å². The van der Waals surface area contributed by atoms with Crippen LogP contribution in [0.5, 0.6) is 0 Å². The van der Waals surface area contributed by atoms with Crippen molar-refractivity contribution in [2.24, 2.45) is 0 Å². The number of hydrogen-bond acceptors (Lipinski definition) is 4. The van der Waals surface area contributed by atoms with Gasteiger partial charge in [-0.3, -0.25) is 0 Å². The second-order valence-electron chi connectivity index (χ2n) is 4.46. The summed E-state index contributed by atoms with van der Waals surface area (Å²) in [5.74, 6) is 0. The molecule has 0 aliphatic carbocycles. The summed E-state index contributed by atoms with van der Waals surface area (Å²) in [5.41, 5.74) is 2.03. The Morgan fingerprint density at radius 2 is 2.06 bits per heavy atom. The van der Waals surface area contributed by atoms with Gasteiger partial charge in [0.25, 0.3) is 0 Å². The van der Waals surface area contributed by atoms with Gasteiger partial charge in [0.15, 0.2) is 0 Å². The average Bonchev–Trinajstić information content (AvgIpc) is 2.83. The monoisotopic (exact) mass is 270 g/mol. The molecule has 1 unspecified atom stereocenters. The fourth-order valence-electron chi connectivity index (χ4n) is 1.74. The fourth-order valence-corrected chi connectivity index (χ4v) is 2.92. The van der Waals surface area contributed by atoms with Gasteiger partial charge in [-0.15, -0.1) is 0 Å². The van der Waals surface area contributed by atoms with E-state index in [1.807, 2.05) is 13.0 Å². The molecule has 18 heavy (non-hydrogen) atoms. The van der Waals surface area contributed by atoms with E-state index in [0.29, 0.717) is 24.7 Å². The standard InChI is InChI=1S/C12H18N2O3S/c1-9(13-2)6-14-18(15,16)12-4-3-10-7-17-8-11(10)5-12/h3-5,9,13-14H,6-8H2,1-2H3. The lowest BCUT2D eigenvalue weighted by Crippen LogP contribution is -2.37. The third kappa shape index (κ3) is 2.89. The smallest absolute Gasteiger partial charge is 0.240 e. The molecule has 0 saturated carbocycles. The fraction of sp³-hybridized carbons (Fsp3) is 0.500. The van der Waals surface area contributed by atoms with E-state index in [1.54, 1.807) is 19.2 Å². The Morgan fingerprint density at radius 1 is 1.33 bits per heavy atom. The minimum atomic E-state index is -3.43. The zero-order valence-corrected chi connectivity index (χ0v) is 11.4. The number of hydrogen-bond donors (Lipinski definition) is 2. The van der Waals surface area contributed by atoms with E-state index in [4.69, 9.17) is 4.74 Å². The quantitative estimate of drug-likeness (QED) is 0.822. The molecule has 0 spiro atoms. The molecule has 0 aromatic heterocycles. The summed E-state index contributed by atoms with van der Waals surface area (Å²) in [6, 6.07) is 5.23. The number of nitrogens with one attached hydrogen (secondary N) is 2. The van der Waals surface area contributed by atoms with Gasteiger partial charge in [0.05, 0.1) is 18.1 Å². The summed E-state index contributed by atoms with van der Waals surface area (Å²) in [6.45, 7) is 3.34. The lowest BCUT2D eigenvalue weighted by Gasteiger charge is -2.12. The highest BCUT2D eigenvalue weighted by atomic mass is 32.2. The summed E-state index contributed by atoms with van der Waals surface area (Å²) in [6.07, 6.45) is 0. The van der Waals surface area contributed by atoms with Crippen LogP contribution in [0, 0.1) is 0 Å². The molecule has 1 aromatic carbocycles. The molecule has 5 nitrogen and oxygen atoms in total. The van der Waals surface area contributed by atoms with Gasteiger partial charge in [-0.2, -0.15) is 0 Å². The summed E-state index contributed by atoms with van der Waals surface area (Å²) >= 11 is 0. The molecule has 0 amide bonds. The Balaban J connectivity index is 2.15. The number of benzene rings is 1. The maximum absolute atomic E-state index is 12.1. The molecule has 0 fully saturated rings. The number of likely N-dealkylation sites (N-methyl/N-ethyl adjacent to an activating group) is 1. The molecule has 1 aromatic rings. The molecule has 1 atom stereocenters.